The molecule has 3 heterocycles. The van der Waals surface area contributed by atoms with Crippen molar-refractivity contribution in [1.29, 1.82) is 0 Å². The van der Waals surface area contributed by atoms with Crippen molar-refractivity contribution < 1.29 is 0 Å². The molecule has 4 aromatic rings. The molecule has 0 bridgehead atoms. The van der Waals surface area contributed by atoms with E-state index in [1.807, 2.05) is 12.3 Å². The van der Waals surface area contributed by atoms with Gasteiger partial charge in [0.25, 0.3) is 0 Å². The Bertz CT molecular complexity index is 1080. The number of pyridine rings is 1. The van der Waals surface area contributed by atoms with Crippen molar-refractivity contribution in [1.82, 2.24) is 40.4 Å². The first kappa shape index (κ1) is 19.9. The highest BCUT2D eigenvalue weighted by atomic mass is 15.5. The molecule has 8 heteroatoms. The van der Waals surface area contributed by atoms with Crippen molar-refractivity contribution in [3.63, 3.8) is 0 Å². The summed E-state index contributed by atoms with van der Waals surface area (Å²) in [4.78, 5) is 9.08. The van der Waals surface area contributed by atoms with Gasteiger partial charge in [0.05, 0.1) is 0 Å². The number of tetrazole rings is 1. The second-order valence-corrected chi connectivity index (χ2v) is 7.80. The molecule has 0 unspecified atom stereocenters. The van der Waals surface area contributed by atoms with Crippen LogP contribution in [0.25, 0.3) is 22.5 Å². The highest BCUT2D eigenvalue weighted by molar-refractivity contribution is 5.79. The van der Waals surface area contributed by atoms with E-state index in [1.54, 1.807) is 6.20 Å². The van der Waals surface area contributed by atoms with Crippen molar-refractivity contribution in [2.45, 2.75) is 46.6 Å². The van der Waals surface area contributed by atoms with Gasteiger partial charge in [0.1, 0.15) is 5.82 Å². The van der Waals surface area contributed by atoms with E-state index in [-0.39, 0.29) is 0 Å². The Balaban J connectivity index is 1.58. The number of hydrogen-bond donors (Lipinski definition) is 1. The lowest BCUT2D eigenvalue weighted by atomic mass is 9.99. The first-order valence-electron chi connectivity index (χ1n) is 10.3. The summed E-state index contributed by atoms with van der Waals surface area (Å²) in [5.41, 5.74) is 4.12. The summed E-state index contributed by atoms with van der Waals surface area (Å²) in [5, 5.41) is 19.1. The van der Waals surface area contributed by atoms with E-state index in [9.17, 15) is 0 Å². The fraction of sp³-hybridized carbons (Fsp3) is 0.364. The number of H-pyrrole nitrogens is 1. The van der Waals surface area contributed by atoms with Crippen LogP contribution in [0.1, 0.15) is 44.4 Å². The third-order valence-corrected chi connectivity index (χ3v) is 4.85. The second kappa shape index (κ2) is 8.94. The first-order chi connectivity index (χ1) is 14.6. The first-order valence-corrected chi connectivity index (χ1v) is 10.3. The second-order valence-electron chi connectivity index (χ2n) is 7.80. The lowest BCUT2D eigenvalue weighted by Crippen LogP contribution is -2.06. The van der Waals surface area contributed by atoms with Crippen LogP contribution >= 0.6 is 0 Å². The summed E-state index contributed by atoms with van der Waals surface area (Å²) in [5.74, 6) is 3.06. The summed E-state index contributed by atoms with van der Waals surface area (Å²) in [6.07, 6.45) is 6.27. The van der Waals surface area contributed by atoms with Crippen LogP contribution in [0.2, 0.25) is 0 Å². The van der Waals surface area contributed by atoms with E-state index >= 15 is 0 Å². The number of benzene rings is 1. The molecule has 4 rings (SSSR count). The molecule has 1 aromatic carbocycles. The zero-order valence-corrected chi connectivity index (χ0v) is 17.6. The average Bonchev–Trinajstić information content (AvgIpc) is 3.39. The Morgan fingerprint density at radius 1 is 1.07 bits per heavy atom. The fourth-order valence-electron chi connectivity index (χ4n) is 3.48. The molecule has 154 valence electrons. The molecule has 0 aliphatic rings. The number of aryl methyl sites for hydroxylation is 1. The SMILES string of the molecule is CCCn1nc(CC(C)C)nc1Cc1ccc(-c2cnccc2-c2nn[nH]n2)cc1. The number of nitrogens with one attached hydrogen (secondary N) is 1. The number of nitrogens with zero attached hydrogens (tertiary/aromatic N) is 7. The van der Waals surface area contributed by atoms with Gasteiger partial charge in [-0.2, -0.15) is 10.3 Å². The minimum Gasteiger partial charge on any atom is -0.264 e. The van der Waals surface area contributed by atoms with Crippen molar-refractivity contribution in [3.8, 4) is 22.5 Å². The van der Waals surface area contributed by atoms with E-state index < -0.39 is 0 Å². The van der Waals surface area contributed by atoms with Gasteiger partial charge in [-0.25, -0.2) is 9.67 Å². The summed E-state index contributed by atoms with van der Waals surface area (Å²) in [7, 11) is 0. The summed E-state index contributed by atoms with van der Waals surface area (Å²) in [6.45, 7) is 7.44. The molecule has 0 amide bonds. The minimum absolute atomic E-state index is 0.544. The maximum atomic E-state index is 4.81. The van der Waals surface area contributed by atoms with Crippen LogP contribution in [-0.4, -0.2) is 40.4 Å². The molecule has 0 fully saturated rings. The molecule has 0 spiro atoms. The number of aromatic nitrogens is 8. The summed E-state index contributed by atoms with van der Waals surface area (Å²) >= 11 is 0. The largest absolute Gasteiger partial charge is 0.264 e. The quantitative estimate of drug-likeness (QED) is 0.482. The van der Waals surface area contributed by atoms with Gasteiger partial charge in [-0.1, -0.05) is 45.0 Å². The Labute approximate surface area is 175 Å². The molecule has 0 radical (unpaired) electrons. The van der Waals surface area contributed by atoms with E-state index in [1.165, 1.54) is 5.56 Å². The topological polar surface area (TPSA) is 98.1 Å². The molecule has 30 heavy (non-hydrogen) atoms. The molecule has 0 saturated heterocycles. The third kappa shape index (κ3) is 4.42. The Hall–Kier alpha value is -3.42. The van der Waals surface area contributed by atoms with E-state index in [0.717, 1.165) is 54.1 Å². The van der Waals surface area contributed by atoms with Crippen LogP contribution in [0, 0.1) is 5.92 Å². The maximum Gasteiger partial charge on any atom is 0.205 e. The molecule has 3 aromatic heterocycles. The Morgan fingerprint density at radius 2 is 1.90 bits per heavy atom. The Morgan fingerprint density at radius 3 is 2.60 bits per heavy atom. The van der Waals surface area contributed by atoms with E-state index in [2.05, 4.69) is 75.3 Å². The summed E-state index contributed by atoms with van der Waals surface area (Å²) < 4.78 is 2.06. The van der Waals surface area contributed by atoms with Crippen molar-refractivity contribution >= 4 is 0 Å². The molecule has 1 N–H and O–H groups in total. The van der Waals surface area contributed by atoms with Crippen LogP contribution in [0.5, 0.6) is 0 Å². The van der Waals surface area contributed by atoms with Crippen LogP contribution in [0.3, 0.4) is 0 Å². The normalized spacial score (nSPS) is 11.3. The zero-order chi connectivity index (χ0) is 20.9. The standard InChI is InChI=1S/C22H26N8/c1-4-11-30-21(24-20(27-30)12-15(2)3)13-16-5-7-17(8-6-16)19-14-23-10-9-18(19)22-25-28-29-26-22/h5-10,14-15H,4,11-13H2,1-3H3,(H,25,26,28,29). The summed E-state index contributed by atoms with van der Waals surface area (Å²) in [6, 6.07) is 10.4. The smallest absolute Gasteiger partial charge is 0.205 e. The fourth-order valence-corrected chi connectivity index (χ4v) is 3.48. The molecule has 0 aliphatic heterocycles. The highest BCUT2D eigenvalue weighted by Crippen LogP contribution is 2.29. The van der Waals surface area contributed by atoms with Crippen molar-refractivity contribution in [2.75, 3.05) is 0 Å². The van der Waals surface area contributed by atoms with Crippen LogP contribution in [0.4, 0.5) is 0 Å². The van der Waals surface area contributed by atoms with Crippen LogP contribution in [-0.2, 0) is 19.4 Å². The predicted molar refractivity (Wildman–Crippen MR) is 115 cm³/mol. The van der Waals surface area contributed by atoms with Gasteiger partial charge in [-0.05, 0) is 34.7 Å². The number of aromatic amines is 1. The Kier molecular flexibility index (Phi) is 5.92. The third-order valence-electron chi connectivity index (χ3n) is 4.85. The van der Waals surface area contributed by atoms with Gasteiger partial charge in [0, 0.05) is 42.9 Å². The number of hydrogen-bond acceptors (Lipinski definition) is 6. The van der Waals surface area contributed by atoms with Gasteiger partial charge >= 0.3 is 0 Å². The number of rotatable bonds is 8. The van der Waals surface area contributed by atoms with Gasteiger partial charge < -0.3 is 0 Å². The zero-order valence-electron chi connectivity index (χ0n) is 17.6. The molecule has 0 saturated carbocycles. The lowest BCUT2D eigenvalue weighted by Gasteiger charge is -2.08. The average molecular weight is 403 g/mol. The lowest BCUT2D eigenvalue weighted by molar-refractivity contribution is 0.559. The molecule has 8 nitrogen and oxygen atoms in total. The highest BCUT2D eigenvalue weighted by Gasteiger charge is 2.13. The predicted octanol–water partition coefficient (Wildman–Crippen LogP) is 3.72. The molecule has 0 aliphatic carbocycles. The molecular formula is C22H26N8. The van der Waals surface area contributed by atoms with Gasteiger partial charge in [0.2, 0.25) is 5.82 Å². The van der Waals surface area contributed by atoms with Crippen LogP contribution in [0.15, 0.2) is 42.7 Å². The molecular weight excluding hydrogens is 376 g/mol. The van der Waals surface area contributed by atoms with E-state index in [0.29, 0.717) is 11.7 Å². The van der Waals surface area contributed by atoms with Crippen LogP contribution < -0.4 is 0 Å². The van der Waals surface area contributed by atoms with Gasteiger partial charge in [-0.3, -0.25) is 4.98 Å². The monoisotopic (exact) mass is 402 g/mol. The maximum absolute atomic E-state index is 4.81. The van der Waals surface area contributed by atoms with Gasteiger partial charge in [0.15, 0.2) is 5.82 Å². The van der Waals surface area contributed by atoms with Crippen molar-refractivity contribution in [2.24, 2.45) is 5.92 Å². The minimum atomic E-state index is 0.544. The molecule has 0 atom stereocenters. The van der Waals surface area contributed by atoms with Crippen molar-refractivity contribution in [3.05, 3.63) is 59.9 Å². The van der Waals surface area contributed by atoms with Gasteiger partial charge in [-0.15, -0.1) is 10.2 Å². The van der Waals surface area contributed by atoms with E-state index in [4.69, 9.17) is 10.1 Å².